The van der Waals surface area contributed by atoms with Crippen molar-refractivity contribution in [2.75, 3.05) is 18.0 Å². The van der Waals surface area contributed by atoms with Crippen LogP contribution in [0.2, 0.25) is 0 Å². The molecule has 2 heterocycles. The van der Waals surface area contributed by atoms with Gasteiger partial charge in [-0.25, -0.2) is 9.97 Å². The molecule has 1 N–H and O–H groups in total. The van der Waals surface area contributed by atoms with Crippen LogP contribution in [0.3, 0.4) is 0 Å². The van der Waals surface area contributed by atoms with Crippen molar-refractivity contribution in [3.8, 4) is 0 Å². The maximum absolute atomic E-state index is 8.73. The molecule has 1 fully saturated rings. The summed E-state index contributed by atoms with van der Waals surface area (Å²) in [6, 6.07) is 1.83. The van der Waals surface area contributed by atoms with Crippen LogP contribution in [0.4, 0.5) is 5.95 Å². The Morgan fingerprint density at radius 2 is 2.29 bits per heavy atom. The number of hydrogen-bond acceptors (Lipinski definition) is 5. The Morgan fingerprint density at radius 3 is 2.94 bits per heavy atom. The van der Waals surface area contributed by atoms with Crippen LogP contribution in [0.1, 0.15) is 18.5 Å². The predicted octanol–water partition coefficient (Wildman–Crippen LogP) is 1.61. The third kappa shape index (κ3) is 3.22. The predicted molar refractivity (Wildman–Crippen MR) is 69.0 cm³/mol. The number of hydrogen-bond donors (Lipinski definition) is 1. The van der Waals surface area contributed by atoms with E-state index >= 15 is 0 Å². The summed E-state index contributed by atoms with van der Waals surface area (Å²) >= 11 is 0. The lowest BCUT2D eigenvalue weighted by Crippen LogP contribution is -2.37. The highest BCUT2D eigenvalue weighted by molar-refractivity contribution is 7.25. The number of rotatable bonds is 4. The Hall–Kier alpha value is -1.03. The highest BCUT2D eigenvalue weighted by atomic mass is 31.1. The van der Waals surface area contributed by atoms with Gasteiger partial charge in [0.05, 0.1) is 11.8 Å². The molecule has 0 amide bonds. The van der Waals surface area contributed by atoms with E-state index < -0.39 is 9.03 Å². The molecule has 5 nitrogen and oxygen atoms in total. The molecule has 17 heavy (non-hydrogen) atoms. The molecule has 0 bridgehead atoms. The summed E-state index contributed by atoms with van der Waals surface area (Å²) in [5.41, 5.74) is 0.838. The number of piperidine rings is 1. The summed E-state index contributed by atoms with van der Waals surface area (Å²) in [6.45, 7) is 5.41. The van der Waals surface area contributed by atoms with Gasteiger partial charge in [0.25, 0.3) is 0 Å². The summed E-state index contributed by atoms with van der Waals surface area (Å²) in [6.07, 6.45) is 5.42. The van der Waals surface area contributed by atoms with E-state index in [-0.39, 0.29) is 6.10 Å². The van der Waals surface area contributed by atoms with Crippen LogP contribution in [-0.2, 0) is 4.52 Å². The van der Waals surface area contributed by atoms with E-state index in [1.807, 2.05) is 6.07 Å². The topological polar surface area (TPSA) is 58.5 Å². The minimum atomic E-state index is -0.418. The fourth-order valence-corrected chi connectivity index (χ4v) is 2.26. The van der Waals surface area contributed by atoms with E-state index in [1.54, 1.807) is 12.3 Å². The molecule has 1 unspecified atom stereocenters. The van der Waals surface area contributed by atoms with Gasteiger partial charge in [-0.1, -0.05) is 6.58 Å². The van der Waals surface area contributed by atoms with Gasteiger partial charge in [-0.15, -0.1) is 0 Å². The number of aromatic nitrogens is 2. The maximum Gasteiger partial charge on any atom is 0.225 e. The zero-order valence-corrected chi connectivity index (χ0v) is 10.5. The molecule has 0 aliphatic carbocycles. The molecule has 0 spiro atoms. The first kappa shape index (κ1) is 12.4. The van der Waals surface area contributed by atoms with Crippen LogP contribution in [0, 0.1) is 0 Å². The minimum Gasteiger partial charge on any atom is -0.352 e. The normalized spacial score (nSPS) is 17.8. The van der Waals surface area contributed by atoms with E-state index in [9.17, 15) is 0 Å². The van der Waals surface area contributed by atoms with Crippen molar-refractivity contribution in [3.63, 3.8) is 0 Å². The molecule has 1 aromatic heterocycles. The summed E-state index contributed by atoms with van der Waals surface area (Å²) in [4.78, 5) is 19.5. The Morgan fingerprint density at radius 1 is 1.53 bits per heavy atom. The van der Waals surface area contributed by atoms with Crippen molar-refractivity contribution in [3.05, 3.63) is 24.5 Å². The van der Waals surface area contributed by atoms with Crippen molar-refractivity contribution in [1.29, 1.82) is 0 Å². The number of nitrogens with zero attached hydrogens (tertiary/aromatic N) is 3. The average Bonchev–Trinajstić information content (AvgIpc) is 2.40. The molecule has 6 heteroatoms. The molecule has 92 valence electrons. The summed E-state index contributed by atoms with van der Waals surface area (Å²) in [5.74, 6) is 0.743. The first-order valence-electron chi connectivity index (χ1n) is 5.58. The second-order valence-corrected chi connectivity index (χ2v) is 4.30. The highest BCUT2D eigenvalue weighted by Gasteiger charge is 2.21. The molecule has 2 rings (SSSR count). The van der Waals surface area contributed by atoms with E-state index in [2.05, 4.69) is 21.4 Å². The molecule has 0 radical (unpaired) electrons. The van der Waals surface area contributed by atoms with E-state index in [4.69, 9.17) is 9.42 Å². The molecule has 0 aromatic carbocycles. The molecule has 1 aliphatic rings. The Kier molecular flexibility index (Phi) is 4.42. The zero-order chi connectivity index (χ0) is 12.1. The summed E-state index contributed by atoms with van der Waals surface area (Å²) in [7, 11) is -0.418. The average molecular weight is 253 g/mol. The van der Waals surface area contributed by atoms with Gasteiger partial charge in [-0.2, -0.15) is 0 Å². The lowest BCUT2D eigenvalue weighted by atomic mass is 10.1. The lowest BCUT2D eigenvalue weighted by Gasteiger charge is -2.31. The van der Waals surface area contributed by atoms with Crippen molar-refractivity contribution in [2.24, 2.45) is 0 Å². The van der Waals surface area contributed by atoms with Gasteiger partial charge in [0.1, 0.15) is 0 Å². The molecule has 1 aromatic rings. The van der Waals surface area contributed by atoms with Crippen molar-refractivity contribution in [1.82, 2.24) is 9.97 Å². The monoisotopic (exact) mass is 253 g/mol. The third-order valence-corrected chi connectivity index (χ3v) is 3.26. The van der Waals surface area contributed by atoms with Gasteiger partial charge >= 0.3 is 0 Å². The second kappa shape index (κ2) is 6.05. The summed E-state index contributed by atoms with van der Waals surface area (Å²) in [5, 5.41) is 0. The quantitative estimate of drug-likeness (QED) is 0.826. The first-order valence-corrected chi connectivity index (χ1v) is 6.44. The molecule has 1 aliphatic heterocycles. The second-order valence-electron chi connectivity index (χ2n) is 3.88. The van der Waals surface area contributed by atoms with Gasteiger partial charge in [-0.3, -0.25) is 0 Å². The Labute approximate surface area is 102 Å². The van der Waals surface area contributed by atoms with Gasteiger partial charge < -0.3 is 14.3 Å². The van der Waals surface area contributed by atoms with Crippen LogP contribution in [0.15, 0.2) is 18.8 Å². The van der Waals surface area contributed by atoms with Crippen molar-refractivity contribution >= 4 is 21.1 Å². The largest absolute Gasteiger partial charge is 0.352 e. The van der Waals surface area contributed by atoms with Gasteiger partial charge in [0.15, 0.2) is 9.03 Å². The molecular weight excluding hydrogens is 237 g/mol. The standard InChI is InChI=1S/C11H16N3O2P/c1-2-9-3-6-12-11(13-9)14-7-4-10(5-8-14)16-17-15/h2-3,6,10,15,17H,1,4-5,7-8H2. The minimum absolute atomic E-state index is 0.164. The van der Waals surface area contributed by atoms with E-state index in [0.29, 0.717) is 0 Å². The van der Waals surface area contributed by atoms with Crippen LogP contribution < -0.4 is 4.90 Å². The molecule has 1 saturated heterocycles. The van der Waals surface area contributed by atoms with Crippen LogP contribution in [0.5, 0.6) is 0 Å². The highest BCUT2D eigenvalue weighted by Crippen LogP contribution is 2.22. The fraction of sp³-hybridized carbons (Fsp3) is 0.455. The molecule has 0 saturated carbocycles. The van der Waals surface area contributed by atoms with Gasteiger partial charge in [-0.05, 0) is 25.0 Å². The molecule has 1 atom stereocenters. The van der Waals surface area contributed by atoms with Crippen molar-refractivity contribution < 1.29 is 9.42 Å². The summed E-state index contributed by atoms with van der Waals surface area (Å²) < 4.78 is 5.21. The van der Waals surface area contributed by atoms with Crippen LogP contribution in [0.25, 0.3) is 6.08 Å². The van der Waals surface area contributed by atoms with E-state index in [0.717, 1.165) is 37.6 Å². The number of anilines is 1. The van der Waals surface area contributed by atoms with Crippen LogP contribution in [-0.4, -0.2) is 34.1 Å². The third-order valence-electron chi connectivity index (χ3n) is 2.82. The Bertz CT molecular complexity index is 381. The van der Waals surface area contributed by atoms with Crippen LogP contribution >= 0.6 is 9.03 Å². The molecular formula is C11H16N3O2P. The van der Waals surface area contributed by atoms with Crippen molar-refractivity contribution in [2.45, 2.75) is 18.9 Å². The van der Waals surface area contributed by atoms with Gasteiger partial charge in [0, 0.05) is 19.3 Å². The zero-order valence-electron chi connectivity index (χ0n) is 9.54. The van der Waals surface area contributed by atoms with E-state index in [1.165, 1.54) is 0 Å². The smallest absolute Gasteiger partial charge is 0.225 e. The first-order chi connectivity index (χ1) is 8.33. The van der Waals surface area contributed by atoms with Gasteiger partial charge in [0.2, 0.25) is 5.95 Å². The lowest BCUT2D eigenvalue weighted by molar-refractivity contribution is 0.180. The Balaban J connectivity index is 1.97. The SMILES string of the molecule is C=Cc1ccnc(N2CCC(OPO)CC2)n1. The maximum atomic E-state index is 8.73. The fourth-order valence-electron chi connectivity index (χ4n) is 1.88.